The lowest BCUT2D eigenvalue weighted by atomic mass is 10.2. The Morgan fingerprint density at radius 1 is 1.24 bits per heavy atom. The van der Waals surface area contributed by atoms with E-state index in [9.17, 15) is 14.0 Å². The van der Waals surface area contributed by atoms with E-state index in [4.69, 9.17) is 9.84 Å². The first-order valence-electron chi connectivity index (χ1n) is 6.84. The van der Waals surface area contributed by atoms with Gasteiger partial charge in [0.2, 0.25) is 5.91 Å². The molecule has 0 aliphatic heterocycles. The molecule has 0 aromatic heterocycles. The Labute approximate surface area is 123 Å². The minimum atomic E-state index is -0.867. The Morgan fingerprint density at radius 3 is 2.62 bits per heavy atom. The molecule has 0 saturated heterocycles. The average molecular weight is 297 g/mol. The lowest BCUT2D eigenvalue weighted by Gasteiger charge is -2.16. The summed E-state index contributed by atoms with van der Waals surface area (Å²) in [5, 5.41) is 8.52. The number of halogens is 1. The molecule has 21 heavy (non-hydrogen) atoms. The second kappa shape index (κ2) is 8.94. The van der Waals surface area contributed by atoms with Crippen molar-refractivity contribution < 1.29 is 23.8 Å². The highest BCUT2D eigenvalue weighted by molar-refractivity contribution is 5.75. The van der Waals surface area contributed by atoms with Crippen molar-refractivity contribution in [1.82, 2.24) is 4.90 Å². The van der Waals surface area contributed by atoms with E-state index in [1.807, 2.05) is 0 Å². The molecule has 5 nitrogen and oxygen atoms in total. The first-order chi connectivity index (χ1) is 10.0. The quantitative estimate of drug-likeness (QED) is 0.710. The Balaban J connectivity index is 2.18. The molecule has 0 radical (unpaired) electrons. The highest BCUT2D eigenvalue weighted by atomic mass is 19.1. The van der Waals surface area contributed by atoms with Crippen LogP contribution in [0.3, 0.4) is 0 Å². The van der Waals surface area contributed by atoms with Crippen LogP contribution in [0.1, 0.15) is 25.7 Å². The van der Waals surface area contributed by atoms with Gasteiger partial charge >= 0.3 is 5.97 Å². The fraction of sp³-hybridized carbons (Fsp3) is 0.467. The zero-order chi connectivity index (χ0) is 15.7. The normalized spacial score (nSPS) is 10.2. The number of hydrogen-bond acceptors (Lipinski definition) is 3. The third kappa shape index (κ3) is 6.74. The summed E-state index contributed by atoms with van der Waals surface area (Å²) in [6.45, 7) is 0.676. The number of carbonyl (C=O) groups is 2. The summed E-state index contributed by atoms with van der Waals surface area (Å²) in [5.41, 5.74) is 0. The molecule has 0 aliphatic carbocycles. The van der Waals surface area contributed by atoms with Crippen molar-refractivity contribution in [3.05, 3.63) is 30.1 Å². The molecule has 1 N–H and O–H groups in total. The van der Waals surface area contributed by atoms with Gasteiger partial charge in [-0.3, -0.25) is 9.59 Å². The van der Waals surface area contributed by atoms with Crippen LogP contribution in [0.25, 0.3) is 0 Å². The molecule has 1 rings (SSSR count). The third-order valence-corrected chi connectivity index (χ3v) is 2.94. The van der Waals surface area contributed by atoms with Crippen molar-refractivity contribution in [2.24, 2.45) is 0 Å². The number of carboxylic acid groups (broad SMARTS) is 1. The zero-order valence-electron chi connectivity index (χ0n) is 12.0. The minimum Gasteiger partial charge on any atom is -0.491 e. The number of nitrogens with zero attached hydrogens (tertiary/aromatic N) is 1. The highest BCUT2D eigenvalue weighted by Crippen LogP contribution is 2.15. The van der Waals surface area contributed by atoms with Crippen molar-refractivity contribution in [2.75, 3.05) is 20.2 Å². The maximum Gasteiger partial charge on any atom is 0.303 e. The third-order valence-electron chi connectivity index (χ3n) is 2.94. The number of carbonyl (C=O) groups excluding carboxylic acids is 1. The first kappa shape index (κ1) is 16.9. The lowest BCUT2D eigenvalue weighted by Crippen LogP contribution is -2.28. The number of para-hydroxylation sites is 1. The van der Waals surface area contributed by atoms with Gasteiger partial charge in [-0.1, -0.05) is 12.1 Å². The van der Waals surface area contributed by atoms with Crippen LogP contribution >= 0.6 is 0 Å². The van der Waals surface area contributed by atoms with Crippen molar-refractivity contribution >= 4 is 11.9 Å². The second-order valence-electron chi connectivity index (χ2n) is 4.70. The number of ether oxygens (including phenoxy) is 1. The molecule has 1 aromatic carbocycles. The summed E-state index contributed by atoms with van der Waals surface area (Å²) in [4.78, 5) is 23.6. The molecule has 0 aliphatic rings. The Bertz CT molecular complexity index is 478. The molecule has 0 bridgehead atoms. The van der Waals surface area contributed by atoms with Crippen molar-refractivity contribution in [2.45, 2.75) is 25.7 Å². The molecule has 6 heteroatoms. The van der Waals surface area contributed by atoms with Gasteiger partial charge in [-0.2, -0.15) is 0 Å². The topological polar surface area (TPSA) is 66.8 Å². The number of aliphatic carboxylic acids is 1. The molecule has 0 atom stereocenters. The molecular weight excluding hydrogens is 277 g/mol. The Morgan fingerprint density at radius 2 is 1.95 bits per heavy atom. The van der Waals surface area contributed by atoms with Crippen LogP contribution in [0.15, 0.2) is 24.3 Å². The fourth-order valence-corrected chi connectivity index (χ4v) is 1.75. The Kier molecular flexibility index (Phi) is 7.21. The van der Waals surface area contributed by atoms with Crippen LogP contribution in [0.2, 0.25) is 0 Å². The SMILES string of the molecule is CN(CCCC(=O)O)C(=O)CCCOc1ccccc1F. The van der Waals surface area contributed by atoms with Crippen LogP contribution in [0, 0.1) is 5.82 Å². The van der Waals surface area contributed by atoms with E-state index in [-0.39, 0.29) is 31.1 Å². The Hall–Kier alpha value is -2.11. The molecule has 1 amide bonds. The second-order valence-corrected chi connectivity index (χ2v) is 4.70. The van der Waals surface area contributed by atoms with Gasteiger partial charge in [0.25, 0.3) is 0 Å². The van der Waals surface area contributed by atoms with Crippen LogP contribution < -0.4 is 4.74 Å². The van der Waals surface area contributed by atoms with E-state index in [0.29, 0.717) is 19.4 Å². The van der Waals surface area contributed by atoms with Crippen LogP contribution in [0.4, 0.5) is 4.39 Å². The van der Waals surface area contributed by atoms with Gasteiger partial charge in [-0.05, 0) is 25.0 Å². The standard InChI is InChI=1S/C15H20FNO4/c1-17(10-4-9-15(19)20)14(18)8-5-11-21-13-7-3-2-6-12(13)16/h2-3,6-7H,4-5,8-11H2,1H3,(H,19,20). The summed E-state index contributed by atoms with van der Waals surface area (Å²) in [5.74, 6) is -1.18. The number of rotatable bonds is 9. The van der Waals surface area contributed by atoms with Crippen LogP contribution in [-0.2, 0) is 9.59 Å². The smallest absolute Gasteiger partial charge is 0.303 e. The van der Waals surface area contributed by atoms with Crippen LogP contribution in [-0.4, -0.2) is 42.1 Å². The molecule has 1 aromatic rings. The first-order valence-corrected chi connectivity index (χ1v) is 6.84. The molecule has 116 valence electrons. The van der Waals surface area contributed by atoms with Crippen molar-refractivity contribution in [3.8, 4) is 5.75 Å². The fourth-order valence-electron chi connectivity index (χ4n) is 1.75. The minimum absolute atomic E-state index is 0.0496. The largest absolute Gasteiger partial charge is 0.491 e. The summed E-state index contributed by atoms with van der Waals surface area (Å²) < 4.78 is 18.5. The molecule has 0 saturated carbocycles. The number of benzene rings is 1. The summed E-state index contributed by atoms with van der Waals surface area (Å²) in [7, 11) is 1.64. The monoisotopic (exact) mass is 297 g/mol. The van der Waals surface area contributed by atoms with E-state index >= 15 is 0 Å². The predicted molar refractivity (Wildman–Crippen MR) is 75.6 cm³/mol. The van der Waals surface area contributed by atoms with Crippen molar-refractivity contribution in [1.29, 1.82) is 0 Å². The van der Waals surface area contributed by atoms with Crippen molar-refractivity contribution in [3.63, 3.8) is 0 Å². The molecule has 0 unspecified atom stereocenters. The van der Waals surface area contributed by atoms with E-state index in [0.717, 1.165) is 0 Å². The van der Waals surface area contributed by atoms with Gasteiger partial charge in [-0.25, -0.2) is 4.39 Å². The molecule has 0 heterocycles. The number of amides is 1. The lowest BCUT2D eigenvalue weighted by molar-refractivity contribution is -0.138. The van der Waals surface area contributed by atoms with E-state index in [1.54, 1.807) is 19.2 Å². The van der Waals surface area contributed by atoms with Gasteiger partial charge in [0, 0.05) is 26.4 Å². The number of hydrogen-bond donors (Lipinski definition) is 1. The summed E-state index contributed by atoms with van der Waals surface area (Å²) in [6.07, 6.45) is 1.26. The number of carboxylic acids is 1. The van der Waals surface area contributed by atoms with Crippen LogP contribution in [0.5, 0.6) is 5.75 Å². The molecular formula is C15H20FNO4. The maximum absolute atomic E-state index is 13.3. The summed E-state index contributed by atoms with van der Waals surface area (Å²) in [6, 6.07) is 6.11. The highest BCUT2D eigenvalue weighted by Gasteiger charge is 2.09. The van der Waals surface area contributed by atoms with Gasteiger partial charge in [0.1, 0.15) is 0 Å². The van der Waals surface area contributed by atoms with Gasteiger partial charge in [0.05, 0.1) is 6.61 Å². The average Bonchev–Trinajstić information content (AvgIpc) is 2.44. The predicted octanol–water partition coefficient (Wildman–Crippen LogP) is 2.31. The van der Waals surface area contributed by atoms with E-state index in [1.165, 1.54) is 17.0 Å². The van der Waals surface area contributed by atoms with E-state index < -0.39 is 11.8 Å². The van der Waals surface area contributed by atoms with Gasteiger partial charge in [0.15, 0.2) is 11.6 Å². The summed E-state index contributed by atoms with van der Waals surface area (Å²) >= 11 is 0. The van der Waals surface area contributed by atoms with E-state index in [2.05, 4.69) is 0 Å². The molecule has 0 fully saturated rings. The maximum atomic E-state index is 13.3. The molecule has 0 spiro atoms. The van der Waals surface area contributed by atoms with Gasteiger partial charge in [-0.15, -0.1) is 0 Å². The zero-order valence-corrected chi connectivity index (χ0v) is 12.0. The van der Waals surface area contributed by atoms with Gasteiger partial charge < -0.3 is 14.7 Å².